The zero-order valence-electron chi connectivity index (χ0n) is 14.6. The highest BCUT2D eigenvalue weighted by atomic mass is 16.2. The van der Waals surface area contributed by atoms with Gasteiger partial charge >= 0.3 is 0 Å². The van der Waals surface area contributed by atoms with Crippen molar-refractivity contribution in [1.82, 2.24) is 4.57 Å². The van der Waals surface area contributed by atoms with Gasteiger partial charge in [-0.3, -0.25) is 9.36 Å². The van der Waals surface area contributed by atoms with Gasteiger partial charge in [0.15, 0.2) is 0 Å². The molecule has 124 valence electrons. The van der Waals surface area contributed by atoms with E-state index in [2.05, 4.69) is 32.0 Å². The molecule has 25 heavy (non-hydrogen) atoms. The molecule has 1 atom stereocenters. The first kappa shape index (κ1) is 15.6. The van der Waals surface area contributed by atoms with Crippen LogP contribution >= 0.6 is 0 Å². The number of para-hydroxylation sites is 2. The molecule has 2 nitrogen and oxygen atoms in total. The maximum Gasteiger partial charge on any atom is 0.262 e. The van der Waals surface area contributed by atoms with Crippen molar-refractivity contribution in [2.75, 3.05) is 0 Å². The minimum absolute atomic E-state index is 0.0301. The molecule has 1 unspecified atom stereocenters. The van der Waals surface area contributed by atoms with Crippen LogP contribution in [-0.2, 0) is 0 Å². The first-order valence-electron chi connectivity index (χ1n) is 8.83. The Bertz CT molecular complexity index is 1020. The van der Waals surface area contributed by atoms with E-state index in [9.17, 15) is 4.79 Å². The van der Waals surface area contributed by atoms with Crippen LogP contribution in [0.4, 0.5) is 0 Å². The standard InChI is InChI=1S/C23H21NO/c1-3-16(2)17-9-8-10-18(15-17)23(25)24-21-13-6-4-11-19(21)20-12-5-7-14-22(20)24/h4-16H,3H2,1-2H3. The van der Waals surface area contributed by atoms with Crippen LogP contribution in [0.5, 0.6) is 0 Å². The lowest BCUT2D eigenvalue weighted by molar-refractivity contribution is 0.0969. The van der Waals surface area contributed by atoms with Gasteiger partial charge in [-0.15, -0.1) is 0 Å². The topological polar surface area (TPSA) is 22.0 Å². The van der Waals surface area contributed by atoms with Crippen molar-refractivity contribution >= 4 is 27.7 Å². The average Bonchev–Trinajstić information content (AvgIpc) is 3.01. The number of benzene rings is 3. The molecule has 0 fully saturated rings. The fraction of sp³-hybridized carbons (Fsp3) is 0.174. The van der Waals surface area contributed by atoms with Crippen LogP contribution in [0.15, 0.2) is 72.8 Å². The summed E-state index contributed by atoms with van der Waals surface area (Å²) in [4.78, 5) is 13.4. The molecular formula is C23H21NO. The zero-order chi connectivity index (χ0) is 17.4. The molecule has 0 N–H and O–H groups in total. The number of hydrogen-bond donors (Lipinski definition) is 0. The fourth-order valence-electron chi connectivity index (χ4n) is 3.48. The van der Waals surface area contributed by atoms with Crippen molar-refractivity contribution in [1.29, 1.82) is 0 Å². The molecule has 0 spiro atoms. The highest BCUT2D eigenvalue weighted by molar-refractivity contribution is 6.16. The van der Waals surface area contributed by atoms with E-state index >= 15 is 0 Å². The lowest BCUT2D eigenvalue weighted by Gasteiger charge is -2.11. The summed E-state index contributed by atoms with van der Waals surface area (Å²) in [5.74, 6) is 0.480. The molecule has 0 aliphatic carbocycles. The predicted molar refractivity (Wildman–Crippen MR) is 104 cm³/mol. The molecule has 4 rings (SSSR count). The van der Waals surface area contributed by atoms with Crippen LogP contribution in [0.1, 0.15) is 42.1 Å². The highest BCUT2D eigenvalue weighted by Crippen LogP contribution is 2.30. The van der Waals surface area contributed by atoms with Gasteiger partial charge in [-0.25, -0.2) is 0 Å². The van der Waals surface area contributed by atoms with Gasteiger partial charge in [-0.05, 0) is 42.2 Å². The Kier molecular flexibility index (Phi) is 3.89. The number of aromatic nitrogens is 1. The maximum absolute atomic E-state index is 13.4. The van der Waals surface area contributed by atoms with E-state index in [0.717, 1.165) is 33.8 Å². The van der Waals surface area contributed by atoms with E-state index in [4.69, 9.17) is 0 Å². The second-order valence-electron chi connectivity index (χ2n) is 6.61. The number of fused-ring (bicyclic) bond motifs is 3. The molecule has 0 radical (unpaired) electrons. The van der Waals surface area contributed by atoms with Crippen LogP contribution in [0.3, 0.4) is 0 Å². The quantitative estimate of drug-likeness (QED) is 0.452. The molecule has 0 saturated carbocycles. The molecule has 0 aliphatic rings. The van der Waals surface area contributed by atoms with Gasteiger partial charge in [0.05, 0.1) is 11.0 Å². The van der Waals surface area contributed by atoms with E-state index in [-0.39, 0.29) is 5.91 Å². The second-order valence-corrected chi connectivity index (χ2v) is 6.61. The lowest BCUT2D eigenvalue weighted by Crippen LogP contribution is -2.12. The summed E-state index contributed by atoms with van der Waals surface area (Å²) in [5.41, 5.74) is 3.88. The summed E-state index contributed by atoms with van der Waals surface area (Å²) in [7, 11) is 0. The fourth-order valence-corrected chi connectivity index (χ4v) is 3.48. The molecule has 1 heterocycles. The minimum atomic E-state index is 0.0301. The average molecular weight is 327 g/mol. The SMILES string of the molecule is CCC(C)c1cccc(C(=O)n2c3ccccc3c3ccccc32)c1. The summed E-state index contributed by atoms with van der Waals surface area (Å²) in [6.07, 6.45) is 1.06. The number of hydrogen-bond acceptors (Lipinski definition) is 1. The van der Waals surface area contributed by atoms with Crippen molar-refractivity contribution in [2.24, 2.45) is 0 Å². The summed E-state index contributed by atoms with van der Waals surface area (Å²) in [6.45, 7) is 4.37. The molecular weight excluding hydrogens is 306 g/mol. The van der Waals surface area contributed by atoms with Crippen molar-refractivity contribution in [3.63, 3.8) is 0 Å². The van der Waals surface area contributed by atoms with Crippen LogP contribution in [0.25, 0.3) is 21.8 Å². The van der Waals surface area contributed by atoms with E-state index in [0.29, 0.717) is 5.92 Å². The second kappa shape index (κ2) is 6.21. The smallest absolute Gasteiger partial charge is 0.262 e. The largest absolute Gasteiger partial charge is 0.276 e. The van der Waals surface area contributed by atoms with E-state index in [1.807, 2.05) is 59.2 Å². The third-order valence-electron chi connectivity index (χ3n) is 5.10. The molecule has 3 aromatic carbocycles. The first-order chi connectivity index (χ1) is 12.2. The Morgan fingerprint density at radius 3 is 2.08 bits per heavy atom. The summed E-state index contributed by atoms with van der Waals surface area (Å²) >= 11 is 0. The van der Waals surface area contributed by atoms with E-state index in [1.165, 1.54) is 5.56 Å². The lowest BCUT2D eigenvalue weighted by atomic mass is 9.97. The van der Waals surface area contributed by atoms with Gasteiger partial charge in [0.2, 0.25) is 0 Å². The number of carbonyl (C=O) groups excluding carboxylic acids is 1. The molecule has 4 aromatic rings. The van der Waals surface area contributed by atoms with Gasteiger partial charge in [0.25, 0.3) is 5.91 Å². The first-order valence-corrected chi connectivity index (χ1v) is 8.83. The molecule has 1 aromatic heterocycles. The number of carbonyl (C=O) groups is 1. The zero-order valence-corrected chi connectivity index (χ0v) is 14.6. The normalized spacial score (nSPS) is 12.6. The Labute approximate surface area is 147 Å². The Morgan fingerprint density at radius 1 is 0.880 bits per heavy atom. The van der Waals surface area contributed by atoms with E-state index in [1.54, 1.807) is 0 Å². The van der Waals surface area contributed by atoms with E-state index < -0.39 is 0 Å². The maximum atomic E-state index is 13.4. The predicted octanol–water partition coefficient (Wildman–Crippen LogP) is 6.00. The molecule has 0 aliphatic heterocycles. The van der Waals surface area contributed by atoms with Gasteiger partial charge in [-0.2, -0.15) is 0 Å². The van der Waals surface area contributed by atoms with Gasteiger partial charge in [-0.1, -0.05) is 62.4 Å². The van der Waals surface area contributed by atoms with Crippen molar-refractivity contribution in [3.05, 3.63) is 83.9 Å². The molecule has 2 heteroatoms. The van der Waals surface area contributed by atoms with Gasteiger partial charge in [0.1, 0.15) is 0 Å². The van der Waals surface area contributed by atoms with Crippen molar-refractivity contribution in [3.8, 4) is 0 Å². The summed E-state index contributed by atoms with van der Waals surface area (Å²) in [5, 5.41) is 2.23. The Hall–Kier alpha value is -2.87. The molecule has 0 saturated heterocycles. The van der Waals surface area contributed by atoms with Crippen LogP contribution in [0, 0.1) is 0 Å². The number of nitrogens with zero attached hydrogens (tertiary/aromatic N) is 1. The Morgan fingerprint density at radius 2 is 1.48 bits per heavy atom. The summed E-state index contributed by atoms with van der Waals surface area (Å²) < 4.78 is 1.85. The Balaban J connectivity index is 1.93. The van der Waals surface area contributed by atoms with Crippen LogP contribution in [-0.4, -0.2) is 10.5 Å². The molecule has 0 bridgehead atoms. The molecule has 0 amide bonds. The third kappa shape index (κ3) is 2.54. The summed E-state index contributed by atoms with van der Waals surface area (Å²) in [6, 6.07) is 24.3. The van der Waals surface area contributed by atoms with Crippen LogP contribution < -0.4 is 0 Å². The monoisotopic (exact) mass is 327 g/mol. The third-order valence-corrected chi connectivity index (χ3v) is 5.10. The van der Waals surface area contributed by atoms with Gasteiger partial charge < -0.3 is 0 Å². The minimum Gasteiger partial charge on any atom is -0.276 e. The van der Waals surface area contributed by atoms with Crippen LogP contribution in [0.2, 0.25) is 0 Å². The van der Waals surface area contributed by atoms with Gasteiger partial charge in [0, 0.05) is 16.3 Å². The highest BCUT2D eigenvalue weighted by Gasteiger charge is 2.17. The number of rotatable bonds is 3. The van der Waals surface area contributed by atoms with Crippen molar-refractivity contribution < 1.29 is 4.79 Å². The van der Waals surface area contributed by atoms with Crippen molar-refractivity contribution in [2.45, 2.75) is 26.2 Å².